The van der Waals surface area contributed by atoms with Crippen LogP contribution in [0.15, 0.2) is 29.8 Å². The van der Waals surface area contributed by atoms with Crippen molar-refractivity contribution < 1.29 is 24.2 Å². The molecule has 2 rings (SSSR count). The summed E-state index contributed by atoms with van der Waals surface area (Å²) in [5, 5.41) is 9.87. The molecular weight excluding hydrogens is 334 g/mol. The number of carbonyl (C=O) groups excluding carboxylic acids is 2. The predicted octanol–water partition coefficient (Wildman–Crippen LogP) is 3.34. The molecular formula is C17H18ClNO5. The number of nitrogens with zero attached hydrogens (tertiary/aromatic N) is 1. The van der Waals surface area contributed by atoms with Crippen molar-refractivity contribution in [1.82, 2.24) is 4.90 Å². The molecule has 1 aliphatic rings. The lowest BCUT2D eigenvalue weighted by atomic mass is 10.1. The minimum Gasteiger partial charge on any atom is -0.480 e. The van der Waals surface area contributed by atoms with Gasteiger partial charge in [0.05, 0.1) is 0 Å². The molecule has 2 amide bonds. The standard InChI is InChI=1S/C17H18ClNO5/c1-17(2,3)24-16(23)19-13(15(21)22)9-11(14(19)20)8-10-4-6-12(18)7-5-10/h4-8,13H,9H2,1-3H3,(H,21,22)/t13-/m0/s1. The monoisotopic (exact) mass is 351 g/mol. The molecule has 6 nitrogen and oxygen atoms in total. The van der Waals surface area contributed by atoms with Gasteiger partial charge >= 0.3 is 12.1 Å². The molecule has 0 aromatic heterocycles. The molecule has 1 N–H and O–H groups in total. The van der Waals surface area contributed by atoms with Crippen LogP contribution in [0.1, 0.15) is 32.8 Å². The highest BCUT2D eigenvalue weighted by Crippen LogP contribution is 2.28. The lowest BCUT2D eigenvalue weighted by Crippen LogP contribution is -2.45. The van der Waals surface area contributed by atoms with Crippen LogP contribution < -0.4 is 0 Å². The Morgan fingerprint density at radius 1 is 1.29 bits per heavy atom. The molecule has 1 fully saturated rings. The van der Waals surface area contributed by atoms with Crippen LogP contribution in [-0.4, -0.2) is 39.6 Å². The Morgan fingerprint density at radius 2 is 1.88 bits per heavy atom. The lowest BCUT2D eigenvalue weighted by Gasteiger charge is -2.25. The first-order valence-corrected chi connectivity index (χ1v) is 7.72. The van der Waals surface area contributed by atoms with Gasteiger partial charge in [-0.15, -0.1) is 0 Å². The van der Waals surface area contributed by atoms with Crippen molar-refractivity contribution in [3.8, 4) is 0 Å². The molecule has 0 saturated carbocycles. The van der Waals surface area contributed by atoms with Gasteiger partial charge in [-0.05, 0) is 44.5 Å². The third-order valence-corrected chi connectivity index (χ3v) is 3.56. The number of aliphatic carboxylic acids is 1. The zero-order chi connectivity index (χ0) is 18.1. The molecule has 1 aromatic rings. The molecule has 0 radical (unpaired) electrons. The Balaban J connectivity index is 2.31. The lowest BCUT2D eigenvalue weighted by molar-refractivity contribution is -0.145. The minimum atomic E-state index is -1.27. The largest absolute Gasteiger partial charge is 0.480 e. The molecule has 1 aromatic carbocycles. The van der Waals surface area contributed by atoms with E-state index in [0.29, 0.717) is 15.5 Å². The van der Waals surface area contributed by atoms with E-state index in [1.807, 2.05) is 0 Å². The molecule has 1 atom stereocenters. The first-order valence-electron chi connectivity index (χ1n) is 7.34. The van der Waals surface area contributed by atoms with Gasteiger partial charge in [0.2, 0.25) is 0 Å². The first-order chi connectivity index (χ1) is 11.1. The smallest absolute Gasteiger partial charge is 0.418 e. The van der Waals surface area contributed by atoms with Crippen LogP contribution in [0.2, 0.25) is 5.02 Å². The maximum absolute atomic E-state index is 12.5. The summed E-state index contributed by atoms with van der Waals surface area (Å²) in [5.41, 5.74) is 0.0943. The quantitative estimate of drug-likeness (QED) is 0.826. The summed E-state index contributed by atoms with van der Waals surface area (Å²) >= 11 is 5.81. The maximum Gasteiger partial charge on any atom is 0.418 e. The number of halogens is 1. The highest BCUT2D eigenvalue weighted by atomic mass is 35.5. The van der Waals surface area contributed by atoms with Gasteiger partial charge in [-0.25, -0.2) is 14.5 Å². The summed E-state index contributed by atoms with van der Waals surface area (Å²) < 4.78 is 5.14. The van der Waals surface area contributed by atoms with Crippen LogP contribution in [0.3, 0.4) is 0 Å². The second-order valence-electron chi connectivity index (χ2n) is 6.43. The van der Waals surface area contributed by atoms with E-state index < -0.39 is 29.6 Å². The molecule has 0 spiro atoms. The van der Waals surface area contributed by atoms with Crippen molar-refractivity contribution in [3.05, 3.63) is 40.4 Å². The number of amides is 2. The SMILES string of the molecule is CC(C)(C)OC(=O)N1C(=O)C(=Cc2ccc(Cl)cc2)C[C@H]1C(=O)O. The fourth-order valence-electron chi connectivity index (χ4n) is 2.28. The van der Waals surface area contributed by atoms with Crippen molar-refractivity contribution in [3.63, 3.8) is 0 Å². The van der Waals surface area contributed by atoms with E-state index in [1.54, 1.807) is 51.1 Å². The molecule has 128 valence electrons. The maximum atomic E-state index is 12.5. The van der Waals surface area contributed by atoms with Gasteiger partial charge in [-0.3, -0.25) is 4.79 Å². The Hall–Kier alpha value is -2.34. The topological polar surface area (TPSA) is 83.9 Å². The fourth-order valence-corrected chi connectivity index (χ4v) is 2.41. The highest BCUT2D eigenvalue weighted by Gasteiger charge is 2.45. The normalized spacial score (nSPS) is 19.7. The summed E-state index contributed by atoms with van der Waals surface area (Å²) in [6.45, 7) is 4.93. The van der Waals surface area contributed by atoms with Crippen molar-refractivity contribution in [2.24, 2.45) is 0 Å². The minimum absolute atomic E-state index is 0.0734. The van der Waals surface area contributed by atoms with E-state index in [4.69, 9.17) is 16.3 Å². The Kier molecular flexibility index (Phi) is 4.99. The average Bonchev–Trinajstić information content (AvgIpc) is 2.77. The highest BCUT2D eigenvalue weighted by molar-refractivity contribution is 6.30. The van der Waals surface area contributed by atoms with Crippen molar-refractivity contribution in [2.75, 3.05) is 0 Å². The van der Waals surface area contributed by atoms with Gasteiger partial charge < -0.3 is 9.84 Å². The zero-order valence-corrected chi connectivity index (χ0v) is 14.3. The molecule has 1 saturated heterocycles. The summed E-state index contributed by atoms with van der Waals surface area (Å²) in [7, 11) is 0. The number of carboxylic acid groups (broad SMARTS) is 1. The van der Waals surface area contributed by atoms with Gasteiger partial charge in [-0.2, -0.15) is 0 Å². The molecule has 7 heteroatoms. The summed E-state index contributed by atoms with van der Waals surface area (Å²) in [4.78, 5) is 36.8. The molecule has 0 bridgehead atoms. The summed E-state index contributed by atoms with van der Waals surface area (Å²) in [6.07, 6.45) is 0.522. The third-order valence-electron chi connectivity index (χ3n) is 3.30. The van der Waals surface area contributed by atoms with Gasteiger partial charge in [0.25, 0.3) is 5.91 Å². The average molecular weight is 352 g/mol. The first kappa shape index (κ1) is 18.0. The number of rotatable bonds is 2. The fraction of sp³-hybridized carbons (Fsp3) is 0.353. The number of hydrogen-bond acceptors (Lipinski definition) is 4. The van der Waals surface area contributed by atoms with Gasteiger partial charge in [0.15, 0.2) is 0 Å². The number of ether oxygens (including phenoxy) is 1. The third kappa shape index (κ3) is 4.14. The zero-order valence-electron chi connectivity index (χ0n) is 13.6. The Bertz CT molecular complexity index is 703. The number of likely N-dealkylation sites (tertiary alicyclic amines) is 1. The van der Waals surface area contributed by atoms with Crippen LogP contribution >= 0.6 is 11.6 Å². The van der Waals surface area contributed by atoms with E-state index in [2.05, 4.69) is 0 Å². The van der Waals surface area contributed by atoms with Crippen LogP contribution in [0, 0.1) is 0 Å². The van der Waals surface area contributed by atoms with Gasteiger partial charge in [-0.1, -0.05) is 23.7 Å². The predicted molar refractivity (Wildman–Crippen MR) is 88.5 cm³/mol. The second kappa shape index (κ2) is 6.65. The van der Waals surface area contributed by atoms with Crippen LogP contribution in [0.5, 0.6) is 0 Å². The van der Waals surface area contributed by atoms with Crippen molar-refractivity contribution in [1.29, 1.82) is 0 Å². The van der Waals surface area contributed by atoms with Gasteiger partial charge in [0.1, 0.15) is 11.6 Å². The Labute approximate surface area is 144 Å². The second-order valence-corrected chi connectivity index (χ2v) is 6.87. The van der Waals surface area contributed by atoms with Crippen LogP contribution in [0.25, 0.3) is 6.08 Å². The molecule has 24 heavy (non-hydrogen) atoms. The number of benzene rings is 1. The van der Waals surface area contributed by atoms with E-state index in [0.717, 1.165) is 0 Å². The number of carboxylic acids is 1. The van der Waals surface area contributed by atoms with E-state index in [9.17, 15) is 19.5 Å². The number of imide groups is 1. The van der Waals surface area contributed by atoms with Crippen LogP contribution in [-0.2, 0) is 14.3 Å². The van der Waals surface area contributed by atoms with Gasteiger partial charge in [0, 0.05) is 17.0 Å². The van der Waals surface area contributed by atoms with E-state index >= 15 is 0 Å². The molecule has 1 heterocycles. The summed E-state index contributed by atoms with van der Waals surface area (Å²) in [5.74, 6) is -1.92. The van der Waals surface area contributed by atoms with E-state index in [-0.39, 0.29) is 12.0 Å². The molecule has 0 aliphatic carbocycles. The van der Waals surface area contributed by atoms with Crippen molar-refractivity contribution >= 4 is 35.6 Å². The van der Waals surface area contributed by atoms with Crippen LogP contribution in [0.4, 0.5) is 4.79 Å². The summed E-state index contributed by atoms with van der Waals surface area (Å²) in [6, 6.07) is 5.45. The number of hydrogen-bond donors (Lipinski definition) is 1. The molecule has 0 unspecified atom stereocenters. The van der Waals surface area contributed by atoms with E-state index in [1.165, 1.54) is 0 Å². The molecule has 1 aliphatic heterocycles. The Morgan fingerprint density at radius 3 is 2.38 bits per heavy atom. The van der Waals surface area contributed by atoms with Crippen molar-refractivity contribution in [2.45, 2.75) is 38.8 Å². The number of carbonyl (C=O) groups is 3.